The van der Waals surface area contributed by atoms with E-state index in [2.05, 4.69) is 10.3 Å². The van der Waals surface area contributed by atoms with E-state index < -0.39 is 5.97 Å². The maximum atomic E-state index is 11.7. The summed E-state index contributed by atoms with van der Waals surface area (Å²) in [6.07, 6.45) is 0. The van der Waals surface area contributed by atoms with E-state index in [1.165, 1.54) is 16.7 Å². The molecule has 0 saturated heterocycles. The molecule has 0 saturated carbocycles. The lowest BCUT2D eigenvalue weighted by atomic mass is 10.2. The summed E-state index contributed by atoms with van der Waals surface area (Å²) in [5.74, 6) is -0.653. The fourth-order valence-electron chi connectivity index (χ4n) is 1.41. The number of aromatic nitrogens is 1. The van der Waals surface area contributed by atoms with Gasteiger partial charge in [-0.05, 0) is 5.92 Å². The van der Waals surface area contributed by atoms with Crippen molar-refractivity contribution in [2.75, 3.05) is 13.6 Å². The van der Waals surface area contributed by atoms with Crippen LogP contribution in [-0.4, -0.2) is 40.6 Å². The number of thiazole rings is 1. The molecule has 0 bridgehead atoms. The van der Waals surface area contributed by atoms with E-state index in [1.807, 2.05) is 13.8 Å². The molecule has 2 amide bonds. The first-order chi connectivity index (χ1) is 8.40. The quantitative estimate of drug-likeness (QED) is 0.853. The molecule has 1 rings (SSSR count). The molecule has 1 heterocycles. The molecular weight excluding hydrogens is 254 g/mol. The number of carboxylic acids is 1. The van der Waals surface area contributed by atoms with Crippen LogP contribution in [0.2, 0.25) is 0 Å². The topological polar surface area (TPSA) is 82.5 Å². The van der Waals surface area contributed by atoms with Crippen molar-refractivity contribution in [1.29, 1.82) is 0 Å². The second kappa shape index (κ2) is 6.34. The number of aromatic carboxylic acids is 1. The van der Waals surface area contributed by atoms with E-state index in [-0.39, 0.29) is 18.3 Å². The average molecular weight is 271 g/mol. The number of nitrogens with zero attached hydrogens (tertiary/aromatic N) is 2. The van der Waals surface area contributed by atoms with Gasteiger partial charge in [-0.15, -0.1) is 11.3 Å². The number of hydrogen-bond donors (Lipinski definition) is 2. The first-order valence-corrected chi connectivity index (χ1v) is 6.44. The van der Waals surface area contributed by atoms with Gasteiger partial charge in [-0.3, -0.25) is 0 Å². The van der Waals surface area contributed by atoms with Gasteiger partial charge in [0.15, 0.2) is 5.69 Å². The van der Waals surface area contributed by atoms with Gasteiger partial charge in [0.05, 0.1) is 6.54 Å². The summed E-state index contributed by atoms with van der Waals surface area (Å²) in [6.45, 7) is 4.98. The Labute approximate surface area is 110 Å². The van der Waals surface area contributed by atoms with Crippen LogP contribution in [0.15, 0.2) is 5.38 Å². The first kappa shape index (κ1) is 14.4. The third kappa shape index (κ3) is 4.33. The molecule has 100 valence electrons. The Bertz CT molecular complexity index is 431. The standard InChI is InChI=1S/C11H17N3O3S/c1-7(2)5-14(3)11(17)12-4-9-13-8(6-18-9)10(15)16/h6-7H,4-5H2,1-3H3,(H,12,17)(H,15,16). The Hall–Kier alpha value is -1.63. The smallest absolute Gasteiger partial charge is 0.355 e. The Balaban J connectivity index is 2.44. The lowest BCUT2D eigenvalue weighted by Crippen LogP contribution is -2.38. The van der Waals surface area contributed by atoms with Crippen LogP contribution in [0, 0.1) is 5.92 Å². The second-order valence-electron chi connectivity index (χ2n) is 4.36. The monoisotopic (exact) mass is 271 g/mol. The summed E-state index contributed by atoms with van der Waals surface area (Å²) in [5, 5.41) is 13.5. The van der Waals surface area contributed by atoms with Crippen molar-refractivity contribution in [3.05, 3.63) is 16.1 Å². The minimum Gasteiger partial charge on any atom is -0.476 e. The number of hydrogen-bond acceptors (Lipinski definition) is 4. The van der Waals surface area contributed by atoms with E-state index in [1.54, 1.807) is 11.9 Å². The molecule has 0 aromatic carbocycles. The molecule has 0 aliphatic rings. The predicted octanol–water partition coefficient (Wildman–Crippen LogP) is 1.64. The summed E-state index contributed by atoms with van der Waals surface area (Å²) in [7, 11) is 1.72. The van der Waals surface area contributed by atoms with Crippen molar-refractivity contribution in [3.8, 4) is 0 Å². The van der Waals surface area contributed by atoms with Crippen LogP contribution in [0.1, 0.15) is 29.3 Å². The molecular formula is C11H17N3O3S. The van der Waals surface area contributed by atoms with Crippen LogP contribution < -0.4 is 5.32 Å². The molecule has 0 fully saturated rings. The predicted molar refractivity (Wildman–Crippen MR) is 68.8 cm³/mol. The molecule has 0 radical (unpaired) electrons. The number of nitrogens with one attached hydrogen (secondary N) is 1. The van der Waals surface area contributed by atoms with Crippen LogP contribution in [0.25, 0.3) is 0 Å². The largest absolute Gasteiger partial charge is 0.476 e. The number of rotatable bonds is 5. The molecule has 0 unspecified atom stereocenters. The Morgan fingerprint density at radius 3 is 2.72 bits per heavy atom. The molecule has 2 N–H and O–H groups in total. The van der Waals surface area contributed by atoms with Crippen molar-refractivity contribution in [2.24, 2.45) is 5.92 Å². The molecule has 6 nitrogen and oxygen atoms in total. The van der Waals surface area contributed by atoms with Gasteiger partial charge >= 0.3 is 12.0 Å². The van der Waals surface area contributed by atoms with Gasteiger partial charge in [0.25, 0.3) is 0 Å². The van der Waals surface area contributed by atoms with Crippen molar-refractivity contribution >= 4 is 23.3 Å². The number of carboxylic acid groups (broad SMARTS) is 1. The highest BCUT2D eigenvalue weighted by Gasteiger charge is 2.12. The summed E-state index contributed by atoms with van der Waals surface area (Å²) >= 11 is 1.22. The average Bonchev–Trinajstić information content (AvgIpc) is 2.73. The molecule has 1 aromatic heterocycles. The fraction of sp³-hybridized carbons (Fsp3) is 0.545. The molecule has 0 aliphatic carbocycles. The molecule has 7 heteroatoms. The van der Waals surface area contributed by atoms with Crippen LogP contribution in [0.5, 0.6) is 0 Å². The van der Waals surface area contributed by atoms with Crippen LogP contribution >= 0.6 is 11.3 Å². The zero-order valence-corrected chi connectivity index (χ0v) is 11.5. The molecule has 0 aliphatic heterocycles. The van der Waals surface area contributed by atoms with Gasteiger partial charge in [-0.1, -0.05) is 13.8 Å². The molecule has 18 heavy (non-hydrogen) atoms. The summed E-state index contributed by atoms with van der Waals surface area (Å²) < 4.78 is 0. The highest BCUT2D eigenvalue weighted by atomic mass is 32.1. The summed E-state index contributed by atoms with van der Waals surface area (Å²) in [5.41, 5.74) is 0.0137. The van der Waals surface area contributed by atoms with E-state index >= 15 is 0 Å². The fourth-order valence-corrected chi connectivity index (χ4v) is 2.11. The molecule has 1 aromatic rings. The lowest BCUT2D eigenvalue weighted by Gasteiger charge is -2.19. The SMILES string of the molecule is CC(C)CN(C)C(=O)NCc1nc(C(=O)O)cs1. The van der Waals surface area contributed by atoms with Crippen LogP contribution in [-0.2, 0) is 6.54 Å². The maximum absolute atomic E-state index is 11.7. The Morgan fingerprint density at radius 2 is 2.22 bits per heavy atom. The van der Waals surface area contributed by atoms with Crippen LogP contribution in [0.4, 0.5) is 4.79 Å². The van der Waals surface area contributed by atoms with Crippen molar-refractivity contribution in [3.63, 3.8) is 0 Å². The maximum Gasteiger partial charge on any atom is 0.355 e. The third-order valence-electron chi connectivity index (χ3n) is 2.15. The lowest BCUT2D eigenvalue weighted by molar-refractivity contribution is 0.0691. The van der Waals surface area contributed by atoms with Gasteiger partial charge in [-0.2, -0.15) is 0 Å². The Kier molecular flexibility index (Phi) is 5.08. The molecule has 0 atom stereocenters. The van der Waals surface area contributed by atoms with E-state index in [9.17, 15) is 9.59 Å². The zero-order chi connectivity index (χ0) is 13.7. The van der Waals surface area contributed by atoms with E-state index in [0.29, 0.717) is 17.5 Å². The highest BCUT2D eigenvalue weighted by Crippen LogP contribution is 2.09. The van der Waals surface area contributed by atoms with Gasteiger partial charge < -0.3 is 15.3 Å². The van der Waals surface area contributed by atoms with Gasteiger partial charge in [0.1, 0.15) is 5.01 Å². The first-order valence-electron chi connectivity index (χ1n) is 5.56. The van der Waals surface area contributed by atoms with Gasteiger partial charge in [0, 0.05) is 19.0 Å². The number of urea groups is 1. The minimum atomic E-state index is -1.05. The van der Waals surface area contributed by atoms with E-state index in [4.69, 9.17) is 5.11 Å². The molecule has 0 spiro atoms. The van der Waals surface area contributed by atoms with Crippen molar-refractivity contribution in [2.45, 2.75) is 20.4 Å². The third-order valence-corrected chi connectivity index (χ3v) is 3.00. The number of amides is 2. The highest BCUT2D eigenvalue weighted by molar-refractivity contribution is 7.09. The number of carbonyl (C=O) groups is 2. The van der Waals surface area contributed by atoms with Crippen molar-refractivity contribution in [1.82, 2.24) is 15.2 Å². The number of carbonyl (C=O) groups excluding carboxylic acids is 1. The van der Waals surface area contributed by atoms with Crippen LogP contribution in [0.3, 0.4) is 0 Å². The minimum absolute atomic E-state index is 0.0137. The van der Waals surface area contributed by atoms with Gasteiger partial charge in [0.2, 0.25) is 0 Å². The summed E-state index contributed by atoms with van der Waals surface area (Å²) in [6, 6.07) is -0.184. The van der Waals surface area contributed by atoms with E-state index in [0.717, 1.165) is 0 Å². The van der Waals surface area contributed by atoms with Crippen molar-refractivity contribution < 1.29 is 14.7 Å². The normalized spacial score (nSPS) is 10.4. The Morgan fingerprint density at radius 1 is 1.56 bits per heavy atom. The van der Waals surface area contributed by atoms with Gasteiger partial charge in [-0.25, -0.2) is 14.6 Å². The zero-order valence-electron chi connectivity index (χ0n) is 10.6. The summed E-state index contributed by atoms with van der Waals surface area (Å²) in [4.78, 5) is 27.8. The second-order valence-corrected chi connectivity index (χ2v) is 5.31.